The molecule has 0 spiro atoms. The lowest BCUT2D eigenvalue weighted by atomic mass is 10.1. The summed E-state index contributed by atoms with van der Waals surface area (Å²) in [5.74, 6) is 3.30. The number of aromatic nitrogens is 1. The molecule has 3 nitrogen and oxygen atoms in total. The number of anilines is 1. The van der Waals surface area contributed by atoms with Gasteiger partial charge in [0.05, 0.1) is 11.6 Å². The van der Waals surface area contributed by atoms with Crippen LogP contribution in [0, 0.1) is 23.7 Å². The molecule has 0 radical (unpaired) electrons. The topological polar surface area (TPSA) is 48.7 Å². The Bertz CT molecular complexity index is 505. The van der Waals surface area contributed by atoms with Crippen LogP contribution in [-0.2, 0) is 12.8 Å². The van der Waals surface area contributed by atoms with Gasteiger partial charge in [0.25, 0.3) is 0 Å². The summed E-state index contributed by atoms with van der Waals surface area (Å²) in [6, 6.07) is 4.07. The molecule has 1 aliphatic rings. The van der Waals surface area contributed by atoms with Crippen molar-refractivity contribution in [1.29, 1.82) is 5.26 Å². The standard InChI is InChI=1S/C14H15N3/c1-3-12(4-2)16-14-11(9-15)8-10-6-5-7-13(10)17-14/h1,8,12H,4-7H2,2H3,(H,16,17). The molecule has 1 heterocycles. The van der Waals surface area contributed by atoms with Crippen LogP contribution in [0.1, 0.15) is 36.6 Å². The van der Waals surface area contributed by atoms with Crippen LogP contribution in [0.5, 0.6) is 0 Å². The first-order chi connectivity index (χ1) is 8.28. The molecular formula is C14H15N3. The Hall–Kier alpha value is -2.00. The zero-order chi connectivity index (χ0) is 12.3. The zero-order valence-corrected chi connectivity index (χ0v) is 9.95. The molecule has 0 amide bonds. The third-order valence-corrected chi connectivity index (χ3v) is 3.09. The molecule has 1 aromatic heterocycles. The van der Waals surface area contributed by atoms with Crippen molar-refractivity contribution >= 4 is 5.82 Å². The lowest BCUT2D eigenvalue weighted by molar-refractivity contribution is 0.845. The summed E-state index contributed by atoms with van der Waals surface area (Å²) >= 11 is 0. The fourth-order valence-electron chi connectivity index (χ4n) is 2.09. The van der Waals surface area contributed by atoms with Crippen molar-refractivity contribution in [3.63, 3.8) is 0 Å². The van der Waals surface area contributed by atoms with Gasteiger partial charge in [-0.1, -0.05) is 12.8 Å². The molecule has 86 valence electrons. The Balaban J connectivity index is 2.34. The molecular weight excluding hydrogens is 210 g/mol. The van der Waals surface area contributed by atoms with Crippen LogP contribution in [-0.4, -0.2) is 11.0 Å². The molecule has 17 heavy (non-hydrogen) atoms. The SMILES string of the molecule is C#CC(CC)Nc1nc2c(cc1C#N)CCC2. The average Bonchev–Trinajstić information content (AvgIpc) is 2.81. The maximum Gasteiger partial charge on any atom is 0.145 e. The second-order valence-electron chi connectivity index (χ2n) is 4.23. The first kappa shape index (κ1) is 11.5. The smallest absolute Gasteiger partial charge is 0.145 e. The first-order valence-corrected chi connectivity index (χ1v) is 5.94. The van der Waals surface area contributed by atoms with E-state index < -0.39 is 0 Å². The highest BCUT2D eigenvalue weighted by molar-refractivity contribution is 5.56. The third kappa shape index (κ3) is 2.24. The van der Waals surface area contributed by atoms with Gasteiger partial charge in [-0.3, -0.25) is 0 Å². The average molecular weight is 225 g/mol. The molecule has 1 N–H and O–H groups in total. The highest BCUT2D eigenvalue weighted by Gasteiger charge is 2.17. The summed E-state index contributed by atoms with van der Waals surface area (Å²) in [6.45, 7) is 2.01. The maximum absolute atomic E-state index is 9.13. The van der Waals surface area contributed by atoms with Crippen molar-refractivity contribution in [2.75, 3.05) is 5.32 Å². The van der Waals surface area contributed by atoms with Crippen molar-refractivity contribution in [2.45, 2.75) is 38.6 Å². The Kier molecular flexibility index (Phi) is 3.30. The molecule has 0 aromatic carbocycles. The van der Waals surface area contributed by atoms with Gasteiger partial charge in [0.2, 0.25) is 0 Å². The monoisotopic (exact) mass is 225 g/mol. The van der Waals surface area contributed by atoms with Crippen LogP contribution in [0.3, 0.4) is 0 Å². The number of terminal acetylenes is 1. The summed E-state index contributed by atoms with van der Waals surface area (Å²) in [4.78, 5) is 4.53. The van der Waals surface area contributed by atoms with E-state index in [0.717, 1.165) is 31.4 Å². The number of pyridine rings is 1. The summed E-state index contributed by atoms with van der Waals surface area (Å²) in [5.41, 5.74) is 2.92. The van der Waals surface area contributed by atoms with E-state index in [9.17, 15) is 0 Å². The number of hydrogen-bond donors (Lipinski definition) is 1. The highest BCUT2D eigenvalue weighted by Crippen LogP contribution is 2.25. The van der Waals surface area contributed by atoms with Gasteiger partial charge in [-0.25, -0.2) is 4.98 Å². The van der Waals surface area contributed by atoms with E-state index in [4.69, 9.17) is 11.7 Å². The summed E-state index contributed by atoms with van der Waals surface area (Å²) in [6.07, 6.45) is 9.39. The number of aryl methyl sites for hydroxylation is 2. The molecule has 3 heteroatoms. The number of nitrogens with one attached hydrogen (secondary N) is 1. The summed E-state index contributed by atoms with van der Waals surface area (Å²) in [5, 5.41) is 12.3. The van der Waals surface area contributed by atoms with E-state index in [1.807, 2.05) is 13.0 Å². The van der Waals surface area contributed by atoms with Gasteiger partial charge in [0, 0.05) is 5.69 Å². The van der Waals surface area contributed by atoms with Crippen molar-refractivity contribution in [3.8, 4) is 18.4 Å². The van der Waals surface area contributed by atoms with Gasteiger partial charge in [-0.2, -0.15) is 5.26 Å². The lowest BCUT2D eigenvalue weighted by Gasteiger charge is -2.13. The van der Waals surface area contributed by atoms with Crippen LogP contribution in [0.2, 0.25) is 0 Å². The summed E-state index contributed by atoms with van der Waals surface area (Å²) < 4.78 is 0. The number of nitrogens with zero attached hydrogens (tertiary/aromatic N) is 2. The van der Waals surface area contributed by atoms with E-state index >= 15 is 0 Å². The maximum atomic E-state index is 9.13. The summed E-state index contributed by atoms with van der Waals surface area (Å²) in [7, 11) is 0. The minimum Gasteiger partial charge on any atom is -0.355 e. The largest absolute Gasteiger partial charge is 0.355 e. The van der Waals surface area contributed by atoms with Gasteiger partial charge in [-0.05, 0) is 37.3 Å². The molecule has 0 aliphatic heterocycles. The number of hydrogen-bond acceptors (Lipinski definition) is 3. The van der Waals surface area contributed by atoms with Crippen LogP contribution >= 0.6 is 0 Å². The van der Waals surface area contributed by atoms with Gasteiger partial charge >= 0.3 is 0 Å². The van der Waals surface area contributed by atoms with Gasteiger partial charge in [0.1, 0.15) is 11.9 Å². The highest BCUT2D eigenvalue weighted by atomic mass is 15.0. The van der Waals surface area contributed by atoms with E-state index in [1.54, 1.807) is 0 Å². The lowest BCUT2D eigenvalue weighted by Crippen LogP contribution is -2.18. The van der Waals surface area contributed by atoms with Gasteiger partial charge in [0.15, 0.2) is 0 Å². The normalized spacial score (nSPS) is 14.5. The van der Waals surface area contributed by atoms with E-state index in [-0.39, 0.29) is 6.04 Å². The second-order valence-corrected chi connectivity index (χ2v) is 4.23. The molecule has 2 rings (SSSR count). The van der Waals surface area contributed by atoms with E-state index in [0.29, 0.717) is 11.4 Å². The van der Waals surface area contributed by atoms with Gasteiger partial charge in [-0.15, -0.1) is 6.42 Å². The van der Waals surface area contributed by atoms with E-state index in [2.05, 4.69) is 22.3 Å². The third-order valence-electron chi connectivity index (χ3n) is 3.09. The molecule has 0 fully saturated rings. The molecule has 0 saturated heterocycles. The zero-order valence-electron chi connectivity index (χ0n) is 9.95. The van der Waals surface area contributed by atoms with Crippen LogP contribution in [0.25, 0.3) is 0 Å². The predicted molar refractivity (Wildman–Crippen MR) is 67.5 cm³/mol. The molecule has 1 aliphatic carbocycles. The number of nitriles is 1. The Morgan fingerprint density at radius 3 is 3.06 bits per heavy atom. The molecule has 1 unspecified atom stereocenters. The molecule has 0 saturated carbocycles. The van der Waals surface area contributed by atoms with Crippen molar-refractivity contribution in [1.82, 2.24) is 4.98 Å². The number of fused-ring (bicyclic) bond motifs is 1. The minimum atomic E-state index is -0.0611. The predicted octanol–water partition coefficient (Wildman–Crippen LogP) is 2.27. The fraction of sp³-hybridized carbons (Fsp3) is 0.429. The van der Waals surface area contributed by atoms with Gasteiger partial charge < -0.3 is 5.32 Å². The molecule has 1 aromatic rings. The number of rotatable bonds is 3. The molecule has 0 bridgehead atoms. The Morgan fingerprint density at radius 1 is 1.59 bits per heavy atom. The fourth-order valence-corrected chi connectivity index (χ4v) is 2.09. The van der Waals surface area contributed by atoms with Crippen molar-refractivity contribution in [3.05, 3.63) is 22.9 Å². The van der Waals surface area contributed by atoms with Crippen LogP contribution in [0.4, 0.5) is 5.82 Å². The minimum absolute atomic E-state index is 0.0611. The van der Waals surface area contributed by atoms with Crippen molar-refractivity contribution < 1.29 is 0 Å². The van der Waals surface area contributed by atoms with Crippen LogP contribution < -0.4 is 5.32 Å². The second kappa shape index (κ2) is 4.89. The molecule has 1 atom stereocenters. The Labute approximate surface area is 102 Å². The Morgan fingerprint density at radius 2 is 2.41 bits per heavy atom. The van der Waals surface area contributed by atoms with Crippen molar-refractivity contribution in [2.24, 2.45) is 0 Å². The quantitative estimate of drug-likeness (QED) is 0.803. The van der Waals surface area contributed by atoms with E-state index in [1.165, 1.54) is 5.56 Å². The van der Waals surface area contributed by atoms with Crippen LogP contribution in [0.15, 0.2) is 6.07 Å². The first-order valence-electron chi connectivity index (χ1n) is 5.94.